The first kappa shape index (κ1) is 24.9. The molecule has 4 nitrogen and oxygen atoms in total. The lowest BCUT2D eigenvalue weighted by molar-refractivity contribution is -0.140. The second-order valence-corrected chi connectivity index (χ2v) is 8.92. The highest BCUT2D eigenvalue weighted by Gasteiger charge is 2.41. The molecule has 0 bridgehead atoms. The summed E-state index contributed by atoms with van der Waals surface area (Å²) in [6, 6.07) is 8.04. The molecule has 1 aliphatic rings. The fraction of sp³-hybridized carbons (Fsp3) is 0.640. The third-order valence-electron chi connectivity index (χ3n) is 6.15. The zero-order valence-electron chi connectivity index (χ0n) is 18.3. The highest BCUT2D eigenvalue weighted by molar-refractivity contribution is 6.21. The van der Waals surface area contributed by atoms with Gasteiger partial charge in [-0.2, -0.15) is 0 Å². The van der Waals surface area contributed by atoms with Gasteiger partial charge in [-0.05, 0) is 49.1 Å². The Bertz CT molecular complexity index is 658. The molecule has 2 N–H and O–H groups in total. The predicted octanol–water partition coefficient (Wildman–Crippen LogP) is 5.66. The van der Waals surface area contributed by atoms with E-state index in [1.807, 2.05) is 24.3 Å². The van der Waals surface area contributed by atoms with Crippen molar-refractivity contribution in [3.8, 4) is 0 Å². The third kappa shape index (κ3) is 7.40. The average molecular weight is 437 g/mol. The van der Waals surface area contributed by atoms with Gasteiger partial charge in [-0.3, -0.25) is 4.79 Å². The molecule has 5 heteroatoms. The van der Waals surface area contributed by atoms with Crippen molar-refractivity contribution in [2.75, 3.05) is 7.11 Å². The first-order valence-corrected chi connectivity index (χ1v) is 11.7. The van der Waals surface area contributed by atoms with Crippen LogP contribution in [0.15, 0.2) is 36.4 Å². The largest absolute Gasteiger partial charge is 0.469 e. The van der Waals surface area contributed by atoms with Gasteiger partial charge in [-0.1, -0.05) is 62.6 Å². The number of hydrogen-bond acceptors (Lipinski definition) is 4. The van der Waals surface area contributed by atoms with E-state index >= 15 is 0 Å². The van der Waals surface area contributed by atoms with Crippen LogP contribution in [0.25, 0.3) is 0 Å². The summed E-state index contributed by atoms with van der Waals surface area (Å²) in [4.78, 5) is 11.2. The summed E-state index contributed by atoms with van der Waals surface area (Å²) in [6.45, 7) is 2.16. The molecule has 0 heterocycles. The van der Waals surface area contributed by atoms with E-state index in [2.05, 4.69) is 23.8 Å². The van der Waals surface area contributed by atoms with Gasteiger partial charge in [0.25, 0.3) is 0 Å². The van der Waals surface area contributed by atoms with Crippen molar-refractivity contribution < 1.29 is 19.7 Å². The molecule has 5 atom stereocenters. The Kier molecular flexibility index (Phi) is 10.9. The molecule has 0 radical (unpaired) electrons. The van der Waals surface area contributed by atoms with Crippen LogP contribution in [0.4, 0.5) is 0 Å². The monoisotopic (exact) mass is 436 g/mol. The number of methoxy groups -OCH3 is 1. The van der Waals surface area contributed by atoms with Gasteiger partial charge in [0.2, 0.25) is 0 Å². The van der Waals surface area contributed by atoms with Crippen molar-refractivity contribution in [3.63, 3.8) is 0 Å². The van der Waals surface area contributed by atoms with Crippen LogP contribution in [-0.4, -0.2) is 34.8 Å². The lowest BCUT2D eigenvalue weighted by atomic mass is 9.84. The number of ether oxygens (including phenoxy) is 1. The molecule has 0 aromatic heterocycles. The quantitative estimate of drug-likeness (QED) is 0.192. The molecular weight excluding hydrogens is 400 g/mol. The van der Waals surface area contributed by atoms with Gasteiger partial charge >= 0.3 is 5.97 Å². The van der Waals surface area contributed by atoms with Crippen LogP contribution >= 0.6 is 11.6 Å². The number of carbonyl (C=O) groups excluding carboxylic acids is 1. The zero-order valence-corrected chi connectivity index (χ0v) is 19.1. The minimum atomic E-state index is -0.453. The van der Waals surface area contributed by atoms with Crippen LogP contribution < -0.4 is 0 Å². The van der Waals surface area contributed by atoms with Crippen molar-refractivity contribution in [3.05, 3.63) is 47.5 Å². The fourth-order valence-electron chi connectivity index (χ4n) is 4.36. The topological polar surface area (TPSA) is 66.8 Å². The fourth-order valence-corrected chi connectivity index (χ4v) is 4.80. The van der Waals surface area contributed by atoms with Crippen LogP contribution in [-0.2, 0) is 9.53 Å². The highest BCUT2D eigenvalue weighted by atomic mass is 35.5. The standard InChI is InChI=1S/C25H37ClO4/c1-3-4-7-11-22(27)18-13-15-19(16-14-18)25-20(21(26)17-23(25)28)10-8-5-6-9-12-24(29)30-2/h5,8,13-16,20-23,25,27-28H,3-4,6-7,9-12,17H2,1-2H3/b8-5-/t20-,21+,22?,23?,25+/m0/s1. The van der Waals surface area contributed by atoms with Gasteiger partial charge in [0.1, 0.15) is 0 Å². The Labute approximate surface area is 186 Å². The average Bonchev–Trinajstić information content (AvgIpc) is 3.03. The van der Waals surface area contributed by atoms with Gasteiger partial charge in [0, 0.05) is 17.7 Å². The molecular formula is C25H37ClO4. The smallest absolute Gasteiger partial charge is 0.305 e. The predicted molar refractivity (Wildman–Crippen MR) is 122 cm³/mol. The van der Waals surface area contributed by atoms with Crippen molar-refractivity contribution in [1.82, 2.24) is 0 Å². The normalized spacial score (nSPS) is 25.0. The molecule has 0 saturated heterocycles. The van der Waals surface area contributed by atoms with Crippen LogP contribution in [0, 0.1) is 5.92 Å². The number of carbonyl (C=O) groups is 1. The van der Waals surface area contributed by atoms with Crippen LogP contribution in [0.3, 0.4) is 0 Å². The van der Waals surface area contributed by atoms with Gasteiger partial charge < -0.3 is 14.9 Å². The summed E-state index contributed by atoms with van der Waals surface area (Å²) < 4.78 is 4.65. The lowest BCUT2D eigenvalue weighted by Gasteiger charge is -2.23. The van der Waals surface area contributed by atoms with E-state index in [0.29, 0.717) is 12.8 Å². The minimum Gasteiger partial charge on any atom is -0.469 e. The summed E-state index contributed by atoms with van der Waals surface area (Å²) in [5.74, 6) is -0.0144. The number of alkyl halides is 1. The lowest BCUT2D eigenvalue weighted by Crippen LogP contribution is -2.18. The minimum absolute atomic E-state index is 0.00139. The Morgan fingerprint density at radius 1 is 1.23 bits per heavy atom. The second kappa shape index (κ2) is 13.1. The molecule has 1 fully saturated rings. The summed E-state index contributed by atoms with van der Waals surface area (Å²) in [5.41, 5.74) is 2.02. The summed E-state index contributed by atoms with van der Waals surface area (Å²) in [7, 11) is 1.41. The third-order valence-corrected chi connectivity index (χ3v) is 6.65. The molecule has 2 rings (SSSR count). The van der Waals surface area contributed by atoms with Crippen molar-refractivity contribution in [2.45, 2.75) is 88.2 Å². The number of rotatable bonds is 12. The second-order valence-electron chi connectivity index (χ2n) is 8.36. The number of esters is 1. The van der Waals surface area contributed by atoms with Crippen LogP contribution in [0.1, 0.15) is 87.9 Å². The molecule has 1 aromatic rings. The van der Waals surface area contributed by atoms with Gasteiger partial charge in [0.05, 0.1) is 19.3 Å². The first-order chi connectivity index (χ1) is 14.5. The number of benzene rings is 1. The Morgan fingerprint density at radius 3 is 2.63 bits per heavy atom. The molecule has 2 unspecified atom stereocenters. The number of unbranched alkanes of at least 4 members (excludes halogenated alkanes) is 3. The van der Waals surface area contributed by atoms with E-state index in [1.165, 1.54) is 7.11 Å². The van der Waals surface area contributed by atoms with Crippen LogP contribution in [0.5, 0.6) is 0 Å². The summed E-state index contributed by atoms with van der Waals surface area (Å²) >= 11 is 6.58. The number of allylic oxidation sites excluding steroid dienone is 2. The maximum absolute atomic E-state index is 11.2. The number of aliphatic hydroxyl groups is 2. The molecule has 1 aromatic carbocycles. The maximum atomic E-state index is 11.2. The summed E-state index contributed by atoms with van der Waals surface area (Å²) in [5, 5.41) is 20.9. The molecule has 0 aliphatic heterocycles. The van der Waals surface area contributed by atoms with E-state index in [9.17, 15) is 15.0 Å². The SMILES string of the molecule is CCCCCC(O)c1ccc([C@H]2C(O)C[C@@H](Cl)[C@@H]2C/C=C\CCCC(=O)OC)cc1. The van der Waals surface area contributed by atoms with Crippen molar-refractivity contribution in [1.29, 1.82) is 0 Å². The molecule has 0 spiro atoms. The van der Waals surface area contributed by atoms with Gasteiger partial charge in [-0.15, -0.1) is 11.6 Å². The zero-order chi connectivity index (χ0) is 21.9. The van der Waals surface area contributed by atoms with E-state index in [4.69, 9.17) is 11.6 Å². The molecule has 0 amide bonds. The van der Waals surface area contributed by atoms with Crippen molar-refractivity contribution in [2.24, 2.45) is 5.92 Å². The molecule has 168 valence electrons. The Balaban J connectivity index is 1.94. The molecule has 30 heavy (non-hydrogen) atoms. The number of halogens is 1. The summed E-state index contributed by atoms with van der Waals surface area (Å²) in [6.07, 6.45) is 10.8. The van der Waals surface area contributed by atoms with E-state index in [0.717, 1.165) is 56.1 Å². The van der Waals surface area contributed by atoms with Crippen LogP contribution in [0.2, 0.25) is 0 Å². The Morgan fingerprint density at radius 2 is 1.97 bits per heavy atom. The van der Waals surface area contributed by atoms with E-state index < -0.39 is 12.2 Å². The number of aliphatic hydroxyl groups excluding tert-OH is 2. The number of hydrogen-bond donors (Lipinski definition) is 2. The Hall–Kier alpha value is -1.36. The van der Waals surface area contributed by atoms with E-state index in [1.54, 1.807) is 0 Å². The molecule has 1 aliphatic carbocycles. The first-order valence-electron chi connectivity index (χ1n) is 11.3. The van der Waals surface area contributed by atoms with Gasteiger partial charge in [-0.25, -0.2) is 0 Å². The molecule has 1 saturated carbocycles. The van der Waals surface area contributed by atoms with E-state index in [-0.39, 0.29) is 23.2 Å². The highest BCUT2D eigenvalue weighted by Crippen LogP contribution is 2.45. The van der Waals surface area contributed by atoms with Gasteiger partial charge in [0.15, 0.2) is 0 Å². The maximum Gasteiger partial charge on any atom is 0.305 e. The van der Waals surface area contributed by atoms with Crippen molar-refractivity contribution >= 4 is 17.6 Å².